The predicted molar refractivity (Wildman–Crippen MR) is 103 cm³/mol. The molecule has 1 saturated heterocycles. The van der Waals surface area contributed by atoms with E-state index in [1.807, 2.05) is 44.2 Å². The number of hydrogen-bond acceptors (Lipinski definition) is 4. The van der Waals surface area contributed by atoms with E-state index in [9.17, 15) is 9.59 Å². The van der Waals surface area contributed by atoms with Gasteiger partial charge in [0.05, 0.1) is 19.3 Å². The standard InChI is InChI=1S/C21H24N2O4/c1-3-26-18-11-10-15(12-19(18)27-4-2)21(25)22-16-13-20(24)23(14-16)17-8-6-5-7-9-17/h5-12,16H,3-4,13-14H2,1-2H3,(H,22,25)/t16-/m0/s1. The van der Waals surface area contributed by atoms with Crippen molar-refractivity contribution in [2.24, 2.45) is 0 Å². The summed E-state index contributed by atoms with van der Waals surface area (Å²) in [5, 5.41) is 2.95. The number of para-hydroxylation sites is 1. The van der Waals surface area contributed by atoms with Crippen LogP contribution in [0.25, 0.3) is 0 Å². The van der Waals surface area contributed by atoms with Crippen LogP contribution < -0.4 is 19.7 Å². The molecule has 3 rings (SSSR count). The summed E-state index contributed by atoms with van der Waals surface area (Å²) in [7, 11) is 0. The van der Waals surface area contributed by atoms with E-state index >= 15 is 0 Å². The molecule has 2 aromatic carbocycles. The molecule has 0 radical (unpaired) electrons. The van der Waals surface area contributed by atoms with E-state index in [0.717, 1.165) is 5.69 Å². The van der Waals surface area contributed by atoms with Crippen LogP contribution in [0.5, 0.6) is 11.5 Å². The lowest BCUT2D eigenvalue weighted by Gasteiger charge is -2.17. The van der Waals surface area contributed by atoms with Gasteiger partial charge >= 0.3 is 0 Å². The molecule has 1 aliphatic rings. The van der Waals surface area contributed by atoms with E-state index < -0.39 is 0 Å². The first kappa shape index (κ1) is 18.8. The zero-order chi connectivity index (χ0) is 19.2. The van der Waals surface area contributed by atoms with Crippen molar-refractivity contribution in [1.82, 2.24) is 5.32 Å². The average molecular weight is 368 g/mol. The molecule has 6 nitrogen and oxygen atoms in total. The fourth-order valence-corrected chi connectivity index (χ4v) is 3.12. The number of anilines is 1. The van der Waals surface area contributed by atoms with E-state index in [1.54, 1.807) is 23.1 Å². The van der Waals surface area contributed by atoms with Crippen molar-refractivity contribution in [3.63, 3.8) is 0 Å². The minimum atomic E-state index is -0.230. The lowest BCUT2D eigenvalue weighted by Crippen LogP contribution is -2.37. The zero-order valence-electron chi connectivity index (χ0n) is 15.6. The molecule has 0 aromatic heterocycles. The Kier molecular flexibility index (Phi) is 5.96. The van der Waals surface area contributed by atoms with Gasteiger partial charge in [0.15, 0.2) is 11.5 Å². The normalized spacial score (nSPS) is 16.3. The molecular formula is C21H24N2O4. The smallest absolute Gasteiger partial charge is 0.251 e. The average Bonchev–Trinajstić information content (AvgIpc) is 3.04. The van der Waals surface area contributed by atoms with E-state index in [2.05, 4.69) is 5.32 Å². The van der Waals surface area contributed by atoms with E-state index in [1.165, 1.54) is 0 Å². The fraction of sp³-hybridized carbons (Fsp3) is 0.333. The van der Waals surface area contributed by atoms with Crippen molar-refractivity contribution in [3.8, 4) is 11.5 Å². The van der Waals surface area contributed by atoms with Gasteiger partial charge in [-0.25, -0.2) is 0 Å². The highest BCUT2D eigenvalue weighted by Crippen LogP contribution is 2.29. The summed E-state index contributed by atoms with van der Waals surface area (Å²) < 4.78 is 11.1. The van der Waals surface area contributed by atoms with Gasteiger partial charge in [-0.15, -0.1) is 0 Å². The highest BCUT2D eigenvalue weighted by Gasteiger charge is 2.31. The van der Waals surface area contributed by atoms with Crippen molar-refractivity contribution in [1.29, 1.82) is 0 Å². The number of nitrogens with one attached hydrogen (secondary N) is 1. The maximum Gasteiger partial charge on any atom is 0.251 e. The Morgan fingerprint density at radius 1 is 1.07 bits per heavy atom. The molecule has 0 bridgehead atoms. The first-order chi connectivity index (χ1) is 13.1. The van der Waals surface area contributed by atoms with Gasteiger partial charge in [-0.3, -0.25) is 9.59 Å². The molecule has 0 unspecified atom stereocenters. The topological polar surface area (TPSA) is 67.9 Å². The van der Waals surface area contributed by atoms with Crippen LogP contribution in [0.4, 0.5) is 5.69 Å². The van der Waals surface area contributed by atoms with Gasteiger partial charge in [0, 0.05) is 24.2 Å². The van der Waals surface area contributed by atoms with Crippen LogP contribution in [0, 0.1) is 0 Å². The fourth-order valence-electron chi connectivity index (χ4n) is 3.12. The van der Waals surface area contributed by atoms with Crippen molar-refractivity contribution >= 4 is 17.5 Å². The predicted octanol–water partition coefficient (Wildman–Crippen LogP) is 3.02. The SMILES string of the molecule is CCOc1ccc(C(=O)N[C@H]2CC(=O)N(c3ccccc3)C2)cc1OCC. The summed E-state index contributed by atoms with van der Waals surface area (Å²) in [4.78, 5) is 26.6. The van der Waals surface area contributed by atoms with Crippen LogP contribution >= 0.6 is 0 Å². The highest BCUT2D eigenvalue weighted by molar-refractivity contribution is 5.99. The van der Waals surface area contributed by atoms with Crippen molar-refractivity contribution in [2.75, 3.05) is 24.7 Å². The molecule has 2 amide bonds. The number of ether oxygens (including phenoxy) is 2. The first-order valence-corrected chi connectivity index (χ1v) is 9.18. The van der Waals surface area contributed by atoms with Crippen LogP contribution in [0.15, 0.2) is 48.5 Å². The van der Waals surface area contributed by atoms with Gasteiger partial charge in [-0.1, -0.05) is 18.2 Å². The van der Waals surface area contributed by atoms with Crippen LogP contribution in [0.2, 0.25) is 0 Å². The molecular weight excluding hydrogens is 344 g/mol. The minimum Gasteiger partial charge on any atom is -0.490 e. The van der Waals surface area contributed by atoms with E-state index in [-0.39, 0.29) is 24.3 Å². The molecule has 2 aromatic rings. The van der Waals surface area contributed by atoms with Gasteiger partial charge < -0.3 is 19.7 Å². The molecule has 0 aliphatic carbocycles. The van der Waals surface area contributed by atoms with Gasteiger partial charge in [-0.2, -0.15) is 0 Å². The Morgan fingerprint density at radius 3 is 2.48 bits per heavy atom. The van der Waals surface area contributed by atoms with Crippen LogP contribution in [-0.2, 0) is 4.79 Å². The minimum absolute atomic E-state index is 0.00759. The Hall–Kier alpha value is -3.02. The summed E-state index contributed by atoms with van der Waals surface area (Å²) in [6.07, 6.45) is 0.288. The van der Waals surface area contributed by atoms with E-state index in [0.29, 0.717) is 36.8 Å². The molecule has 1 aliphatic heterocycles. The van der Waals surface area contributed by atoms with Crippen LogP contribution in [0.3, 0.4) is 0 Å². The lowest BCUT2D eigenvalue weighted by atomic mass is 10.1. The molecule has 1 N–H and O–H groups in total. The Labute approximate surface area is 159 Å². The van der Waals surface area contributed by atoms with Gasteiger partial charge in [0.1, 0.15) is 0 Å². The van der Waals surface area contributed by atoms with Crippen molar-refractivity contribution in [3.05, 3.63) is 54.1 Å². The summed E-state index contributed by atoms with van der Waals surface area (Å²) in [5.41, 5.74) is 1.33. The van der Waals surface area contributed by atoms with Gasteiger partial charge in [-0.05, 0) is 44.2 Å². The number of rotatable bonds is 7. The molecule has 1 heterocycles. The van der Waals surface area contributed by atoms with Crippen LogP contribution in [-0.4, -0.2) is 37.6 Å². The van der Waals surface area contributed by atoms with Gasteiger partial charge in [0.2, 0.25) is 5.91 Å². The Bertz CT molecular complexity index is 807. The third kappa shape index (κ3) is 4.39. The molecule has 142 valence electrons. The first-order valence-electron chi connectivity index (χ1n) is 9.18. The molecule has 1 fully saturated rings. The molecule has 27 heavy (non-hydrogen) atoms. The van der Waals surface area contributed by atoms with Crippen molar-refractivity contribution in [2.45, 2.75) is 26.3 Å². The highest BCUT2D eigenvalue weighted by atomic mass is 16.5. The molecule has 0 spiro atoms. The number of benzene rings is 2. The van der Waals surface area contributed by atoms with E-state index in [4.69, 9.17) is 9.47 Å². The van der Waals surface area contributed by atoms with Crippen molar-refractivity contribution < 1.29 is 19.1 Å². The number of amides is 2. The third-order valence-electron chi connectivity index (χ3n) is 4.33. The third-order valence-corrected chi connectivity index (χ3v) is 4.33. The Balaban J connectivity index is 1.69. The second-order valence-corrected chi connectivity index (χ2v) is 6.24. The van der Waals surface area contributed by atoms with Gasteiger partial charge in [0.25, 0.3) is 5.91 Å². The molecule has 6 heteroatoms. The summed E-state index contributed by atoms with van der Waals surface area (Å²) in [6.45, 7) is 5.24. The second kappa shape index (κ2) is 8.58. The van der Waals surface area contributed by atoms with Crippen LogP contribution in [0.1, 0.15) is 30.6 Å². The quantitative estimate of drug-likeness (QED) is 0.816. The summed E-state index contributed by atoms with van der Waals surface area (Å²) >= 11 is 0. The summed E-state index contributed by atoms with van der Waals surface area (Å²) in [5.74, 6) is 0.933. The molecule has 0 saturated carbocycles. The number of nitrogens with zero attached hydrogens (tertiary/aromatic N) is 1. The Morgan fingerprint density at radius 2 is 1.78 bits per heavy atom. The monoisotopic (exact) mass is 368 g/mol. The lowest BCUT2D eigenvalue weighted by molar-refractivity contribution is -0.117. The molecule has 1 atom stereocenters. The number of carbonyl (C=O) groups excluding carboxylic acids is 2. The maximum absolute atomic E-state index is 12.6. The maximum atomic E-state index is 12.6. The summed E-state index contributed by atoms with van der Waals surface area (Å²) in [6, 6.07) is 14.4. The zero-order valence-corrected chi connectivity index (χ0v) is 15.6. The second-order valence-electron chi connectivity index (χ2n) is 6.24. The number of hydrogen-bond donors (Lipinski definition) is 1. The number of carbonyl (C=O) groups is 2. The largest absolute Gasteiger partial charge is 0.490 e.